The lowest BCUT2D eigenvalue weighted by Crippen LogP contribution is -2.14. The van der Waals surface area contributed by atoms with Crippen LogP contribution >= 0.6 is 0 Å². The highest BCUT2D eigenvalue weighted by atomic mass is 19.1. The summed E-state index contributed by atoms with van der Waals surface area (Å²) in [6.07, 6.45) is 2.41. The fourth-order valence-corrected chi connectivity index (χ4v) is 3.88. The first-order chi connectivity index (χ1) is 18.3. The molecule has 38 heavy (non-hydrogen) atoms. The zero-order valence-electron chi connectivity index (χ0n) is 21.0. The highest BCUT2D eigenvalue weighted by molar-refractivity contribution is 6.05. The van der Waals surface area contributed by atoms with Crippen LogP contribution in [0.4, 0.5) is 10.1 Å². The van der Waals surface area contributed by atoms with Gasteiger partial charge in [-0.05, 0) is 66.1 Å². The fraction of sp³-hybridized carbons (Fsp3) is 0.138. The van der Waals surface area contributed by atoms with Gasteiger partial charge in [-0.1, -0.05) is 18.2 Å². The molecule has 0 spiro atoms. The highest BCUT2D eigenvalue weighted by Gasteiger charge is 2.17. The van der Waals surface area contributed by atoms with Crippen molar-refractivity contribution in [3.8, 4) is 28.4 Å². The monoisotopic (exact) mass is 515 g/mol. The molecule has 194 valence electrons. The van der Waals surface area contributed by atoms with Crippen molar-refractivity contribution in [3.05, 3.63) is 102 Å². The van der Waals surface area contributed by atoms with Gasteiger partial charge in [-0.3, -0.25) is 9.78 Å². The van der Waals surface area contributed by atoms with E-state index in [-0.39, 0.29) is 17.5 Å². The number of hydrogen-bond acceptors (Lipinski definition) is 7. The first-order valence-electron chi connectivity index (χ1n) is 11.7. The van der Waals surface area contributed by atoms with Crippen LogP contribution in [-0.4, -0.2) is 31.1 Å². The number of pyridine rings is 1. The van der Waals surface area contributed by atoms with Crippen molar-refractivity contribution in [2.45, 2.75) is 13.0 Å². The SMILES string of the molecule is COc1ccc(OC(=O)c2cccc(-c3cc(C(=O)Nc4ccncc4F)ccc3C(C)N)c2)cc1OC. The molecule has 9 heteroatoms. The number of nitrogens with two attached hydrogens (primary N) is 1. The molecule has 0 aliphatic heterocycles. The topological polar surface area (TPSA) is 113 Å². The number of amides is 1. The van der Waals surface area contributed by atoms with E-state index in [9.17, 15) is 14.0 Å². The number of carbonyl (C=O) groups is 2. The summed E-state index contributed by atoms with van der Waals surface area (Å²) in [5.74, 6) is -0.506. The number of methoxy groups -OCH3 is 2. The summed E-state index contributed by atoms with van der Waals surface area (Å²) in [4.78, 5) is 29.5. The number of rotatable bonds is 8. The van der Waals surface area contributed by atoms with Crippen LogP contribution in [0.1, 0.15) is 39.2 Å². The smallest absolute Gasteiger partial charge is 0.343 e. The summed E-state index contributed by atoms with van der Waals surface area (Å²) in [6.45, 7) is 1.82. The highest BCUT2D eigenvalue weighted by Crippen LogP contribution is 2.32. The number of nitrogens with one attached hydrogen (secondary N) is 1. The number of halogens is 1. The molecule has 1 atom stereocenters. The Bertz CT molecular complexity index is 1490. The van der Waals surface area contributed by atoms with Crippen molar-refractivity contribution >= 4 is 17.6 Å². The Morgan fingerprint density at radius 2 is 1.74 bits per heavy atom. The Morgan fingerprint density at radius 3 is 2.45 bits per heavy atom. The second-order valence-corrected chi connectivity index (χ2v) is 8.39. The predicted molar refractivity (Wildman–Crippen MR) is 141 cm³/mol. The van der Waals surface area contributed by atoms with Crippen LogP contribution in [-0.2, 0) is 0 Å². The first-order valence-corrected chi connectivity index (χ1v) is 11.7. The van der Waals surface area contributed by atoms with E-state index >= 15 is 0 Å². The Hall–Kier alpha value is -4.76. The first kappa shape index (κ1) is 26.3. The van der Waals surface area contributed by atoms with Crippen molar-refractivity contribution in [3.63, 3.8) is 0 Å². The molecule has 1 aromatic heterocycles. The molecule has 0 aliphatic rings. The van der Waals surface area contributed by atoms with Crippen LogP contribution < -0.4 is 25.3 Å². The van der Waals surface area contributed by atoms with Crippen LogP contribution in [0, 0.1) is 5.82 Å². The van der Waals surface area contributed by atoms with Gasteiger partial charge in [0.15, 0.2) is 17.3 Å². The number of ether oxygens (including phenoxy) is 3. The Morgan fingerprint density at radius 1 is 0.947 bits per heavy atom. The molecule has 4 rings (SSSR count). The molecule has 0 fully saturated rings. The van der Waals surface area contributed by atoms with E-state index < -0.39 is 17.7 Å². The van der Waals surface area contributed by atoms with Gasteiger partial charge in [-0.25, -0.2) is 9.18 Å². The van der Waals surface area contributed by atoms with Crippen LogP contribution in [0.3, 0.4) is 0 Å². The molecule has 3 N–H and O–H groups in total. The lowest BCUT2D eigenvalue weighted by Gasteiger charge is -2.16. The quantitative estimate of drug-likeness (QED) is 0.239. The van der Waals surface area contributed by atoms with Gasteiger partial charge in [0, 0.05) is 23.9 Å². The number of benzene rings is 3. The Balaban J connectivity index is 1.64. The Labute approximate surface area is 219 Å². The molecule has 3 aromatic carbocycles. The standard InChI is InChI=1S/C29H26FN3O5/c1-17(31)22-9-7-19(28(34)33-25-11-12-32-16-24(25)30)14-23(22)18-5-4-6-20(13-18)29(35)38-21-8-10-26(36-2)27(15-21)37-3/h4-17H,31H2,1-3H3,(H,32,33,34). The lowest BCUT2D eigenvalue weighted by atomic mass is 9.92. The number of hydrogen-bond donors (Lipinski definition) is 2. The number of carbonyl (C=O) groups excluding carboxylic acids is 2. The van der Waals surface area contributed by atoms with Gasteiger partial charge < -0.3 is 25.3 Å². The summed E-state index contributed by atoms with van der Waals surface area (Å²) >= 11 is 0. The molecular formula is C29H26FN3O5. The van der Waals surface area contributed by atoms with Crippen LogP contribution in [0.2, 0.25) is 0 Å². The van der Waals surface area contributed by atoms with Gasteiger partial charge in [-0.2, -0.15) is 0 Å². The zero-order chi connectivity index (χ0) is 27.2. The van der Waals surface area contributed by atoms with Crippen LogP contribution in [0.15, 0.2) is 79.1 Å². The molecule has 0 radical (unpaired) electrons. The number of anilines is 1. The van der Waals surface area contributed by atoms with Crippen molar-refractivity contribution < 1.29 is 28.2 Å². The second kappa shape index (κ2) is 11.5. The molecule has 1 unspecified atom stereocenters. The van der Waals surface area contributed by atoms with Gasteiger partial charge in [0.25, 0.3) is 5.91 Å². The van der Waals surface area contributed by atoms with Gasteiger partial charge in [0.2, 0.25) is 0 Å². The summed E-state index contributed by atoms with van der Waals surface area (Å²) in [5, 5.41) is 2.55. The van der Waals surface area contributed by atoms with Crippen molar-refractivity contribution in [1.82, 2.24) is 4.98 Å². The average Bonchev–Trinajstić information content (AvgIpc) is 2.93. The summed E-state index contributed by atoms with van der Waals surface area (Å²) in [7, 11) is 3.01. The molecule has 1 amide bonds. The van der Waals surface area contributed by atoms with Crippen molar-refractivity contribution in [1.29, 1.82) is 0 Å². The molecule has 8 nitrogen and oxygen atoms in total. The lowest BCUT2D eigenvalue weighted by molar-refractivity contribution is 0.0734. The molecule has 0 saturated carbocycles. The average molecular weight is 516 g/mol. The van der Waals surface area contributed by atoms with E-state index in [2.05, 4.69) is 10.3 Å². The third kappa shape index (κ3) is 5.79. The minimum atomic E-state index is -0.644. The third-order valence-corrected chi connectivity index (χ3v) is 5.80. The summed E-state index contributed by atoms with van der Waals surface area (Å²) < 4.78 is 30.0. The Kier molecular flexibility index (Phi) is 7.98. The third-order valence-electron chi connectivity index (χ3n) is 5.80. The molecule has 0 saturated heterocycles. The van der Waals surface area contributed by atoms with Gasteiger partial charge in [0.05, 0.1) is 31.7 Å². The van der Waals surface area contributed by atoms with E-state index in [1.165, 1.54) is 26.5 Å². The largest absolute Gasteiger partial charge is 0.493 e. The van der Waals surface area contributed by atoms with Crippen molar-refractivity contribution in [2.75, 3.05) is 19.5 Å². The summed E-state index contributed by atoms with van der Waals surface area (Å²) in [5.41, 5.74) is 8.88. The minimum Gasteiger partial charge on any atom is -0.493 e. The molecular weight excluding hydrogens is 489 g/mol. The molecule has 1 heterocycles. The van der Waals surface area contributed by atoms with Gasteiger partial charge in [-0.15, -0.1) is 0 Å². The molecule has 0 bridgehead atoms. The maximum atomic E-state index is 14.0. The summed E-state index contributed by atoms with van der Waals surface area (Å²) in [6, 6.07) is 17.6. The molecule has 0 aliphatic carbocycles. The number of aromatic nitrogens is 1. The van der Waals surface area contributed by atoms with Gasteiger partial charge >= 0.3 is 5.97 Å². The van der Waals surface area contributed by atoms with Gasteiger partial charge in [0.1, 0.15) is 5.75 Å². The van der Waals surface area contributed by atoms with E-state index in [1.54, 1.807) is 60.7 Å². The fourth-order valence-electron chi connectivity index (χ4n) is 3.88. The van der Waals surface area contributed by atoms with Crippen LogP contribution in [0.25, 0.3) is 11.1 Å². The maximum Gasteiger partial charge on any atom is 0.343 e. The second-order valence-electron chi connectivity index (χ2n) is 8.39. The normalized spacial score (nSPS) is 11.4. The zero-order valence-corrected chi connectivity index (χ0v) is 21.0. The van der Waals surface area contributed by atoms with Crippen LogP contribution in [0.5, 0.6) is 17.2 Å². The maximum absolute atomic E-state index is 14.0. The van der Waals surface area contributed by atoms with E-state index in [4.69, 9.17) is 19.9 Å². The van der Waals surface area contributed by atoms with Crippen molar-refractivity contribution in [2.24, 2.45) is 5.73 Å². The minimum absolute atomic E-state index is 0.0164. The number of esters is 1. The van der Waals surface area contributed by atoms with E-state index in [0.717, 1.165) is 11.8 Å². The predicted octanol–water partition coefficient (Wildman–Crippen LogP) is 5.40. The van der Waals surface area contributed by atoms with E-state index in [1.807, 2.05) is 6.92 Å². The number of nitrogens with zero attached hydrogens (tertiary/aromatic N) is 1. The molecule has 4 aromatic rings. The van der Waals surface area contributed by atoms with E-state index in [0.29, 0.717) is 33.8 Å².